The van der Waals surface area contributed by atoms with Crippen LogP contribution in [-0.2, 0) is 28.5 Å². The fourth-order valence-electron chi connectivity index (χ4n) is 1.83. The maximum Gasteiger partial charge on any atom is 0.378 e. The quantitative estimate of drug-likeness (QED) is 0.654. The van der Waals surface area contributed by atoms with Gasteiger partial charge < -0.3 is 29.2 Å². The maximum atomic E-state index is 11.3. The van der Waals surface area contributed by atoms with E-state index in [1.54, 1.807) is 13.8 Å². The number of aliphatic hydroxyl groups excluding tert-OH is 2. The summed E-state index contributed by atoms with van der Waals surface area (Å²) in [6, 6.07) is 0. The summed E-state index contributed by atoms with van der Waals surface area (Å²) in [6.45, 7) is 2.57. The standard InChI is InChI=1S/C11H14O8/c1-11(2)16-4-5(19-11)8-9(17-6(13)3-12)7(14)10(15)18-8/h5,8,12,14H,3-4H2,1-2H3/t5-,8+/m0/s1. The fraction of sp³-hybridized carbons (Fsp3) is 0.636. The van der Waals surface area contributed by atoms with Gasteiger partial charge in [0.1, 0.15) is 12.7 Å². The van der Waals surface area contributed by atoms with E-state index in [2.05, 4.69) is 0 Å². The molecule has 0 aliphatic carbocycles. The van der Waals surface area contributed by atoms with Crippen molar-refractivity contribution in [2.45, 2.75) is 31.8 Å². The average molecular weight is 274 g/mol. The molecule has 8 nitrogen and oxygen atoms in total. The molecule has 2 atom stereocenters. The lowest BCUT2D eigenvalue weighted by Gasteiger charge is -2.21. The highest BCUT2D eigenvalue weighted by Crippen LogP contribution is 2.32. The molecule has 0 bridgehead atoms. The van der Waals surface area contributed by atoms with Crippen LogP contribution in [0, 0.1) is 0 Å². The highest BCUT2D eigenvalue weighted by atomic mass is 16.8. The van der Waals surface area contributed by atoms with Gasteiger partial charge in [0.15, 0.2) is 11.9 Å². The van der Waals surface area contributed by atoms with Crippen LogP contribution in [0.1, 0.15) is 13.8 Å². The van der Waals surface area contributed by atoms with Gasteiger partial charge in [-0.25, -0.2) is 9.59 Å². The first-order valence-corrected chi connectivity index (χ1v) is 5.61. The van der Waals surface area contributed by atoms with E-state index < -0.39 is 42.3 Å². The molecule has 0 saturated carbocycles. The largest absolute Gasteiger partial charge is 0.499 e. The summed E-state index contributed by atoms with van der Waals surface area (Å²) in [4.78, 5) is 22.4. The average Bonchev–Trinajstić information content (AvgIpc) is 2.83. The van der Waals surface area contributed by atoms with E-state index in [4.69, 9.17) is 24.1 Å². The number of hydrogen-bond donors (Lipinski definition) is 2. The highest BCUT2D eigenvalue weighted by Gasteiger charge is 2.48. The molecule has 0 aromatic heterocycles. The molecule has 0 unspecified atom stereocenters. The van der Waals surface area contributed by atoms with Gasteiger partial charge in [0.25, 0.3) is 0 Å². The number of carbonyl (C=O) groups is 2. The zero-order chi connectivity index (χ0) is 14.2. The van der Waals surface area contributed by atoms with Crippen molar-refractivity contribution in [1.29, 1.82) is 0 Å². The Balaban J connectivity index is 2.17. The zero-order valence-corrected chi connectivity index (χ0v) is 10.4. The van der Waals surface area contributed by atoms with Crippen LogP contribution in [0.2, 0.25) is 0 Å². The van der Waals surface area contributed by atoms with Crippen LogP contribution in [0.4, 0.5) is 0 Å². The molecule has 106 valence electrons. The summed E-state index contributed by atoms with van der Waals surface area (Å²) in [5.74, 6) is -4.06. The van der Waals surface area contributed by atoms with Gasteiger partial charge >= 0.3 is 11.9 Å². The minimum Gasteiger partial charge on any atom is -0.499 e. The summed E-state index contributed by atoms with van der Waals surface area (Å²) in [5, 5.41) is 18.1. The second-order valence-electron chi connectivity index (χ2n) is 4.54. The van der Waals surface area contributed by atoms with E-state index in [1.165, 1.54) is 0 Å². The van der Waals surface area contributed by atoms with Crippen LogP contribution in [0.3, 0.4) is 0 Å². The number of esters is 2. The summed E-state index contributed by atoms with van der Waals surface area (Å²) >= 11 is 0. The van der Waals surface area contributed by atoms with Crippen molar-refractivity contribution in [3.63, 3.8) is 0 Å². The summed E-state index contributed by atoms with van der Waals surface area (Å²) in [5.41, 5.74) is 0. The predicted octanol–water partition coefficient (Wildman–Crippen LogP) is -0.632. The summed E-state index contributed by atoms with van der Waals surface area (Å²) in [7, 11) is 0. The van der Waals surface area contributed by atoms with Crippen LogP contribution in [0.15, 0.2) is 11.5 Å². The lowest BCUT2D eigenvalue weighted by Crippen LogP contribution is -2.34. The second kappa shape index (κ2) is 4.80. The fourth-order valence-corrected chi connectivity index (χ4v) is 1.83. The Kier molecular flexibility index (Phi) is 3.48. The molecule has 2 heterocycles. The SMILES string of the molecule is CC1(C)OC[C@@H]([C@H]2OC(=O)C(O)=C2OC(=O)CO)O1. The van der Waals surface area contributed by atoms with Crippen molar-refractivity contribution in [2.24, 2.45) is 0 Å². The van der Waals surface area contributed by atoms with Gasteiger partial charge in [0, 0.05) is 0 Å². The first-order chi connectivity index (χ1) is 8.84. The van der Waals surface area contributed by atoms with Crippen LogP contribution in [0.25, 0.3) is 0 Å². The normalized spacial score (nSPS) is 29.5. The van der Waals surface area contributed by atoms with Crippen LogP contribution in [-0.4, -0.2) is 53.4 Å². The number of rotatable bonds is 3. The minimum atomic E-state index is -1.08. The lowest BCUT2D eigenvalue weighted by molar-refractivity contribution is -0.165. The Morgan fingerprint density at radius 3 is 2.74 bits per heavy atom. The molecule has 0 amide bonds. The van der Waals surface area contributed by atoms with E-state index in [0.29, 0.717) is 0 Å². The molecule has 0 spiro atoms. The third-order valence-electron chi connectivity index (χ3n) is 2.64. The molecule has 2 N–H and O–H groups in total. The molecule has 0 radical (unpaired) electrons. The van der Waals surface area contributed by atoms with Gasteiger partial charge in [0.05, 0.1) is 6.61 Å². The van der Waals surface area contributed by atoms with Crippen molar-refractivity contribution in [3.05, 3.63) is 11.5 Å². The van der Waals surface area contributed by atoms with Crippen molar-refractivity contribution in [1.82, 2.24) is 0 Å². The van der Waals surface area contributed by atoms with Gasteiger partial charge in [-0.3, -0.25) is 0 Å². The Morgan fingerprint density at radius 2 is 2.21 bits per heavy atom. The molecule has 2 aliphatic rings. The molecule has 2 rings (SSSR count). The van der Waals surface area contributed by atoms with E-state index >= 15 is 0 Å². The van der Waals surface area contributed by atoms with Crippen LogP contribution < -0.4 is 0 Å². The van der Waals surface area contributed by atoms with Gasteiger partial charge in [-0.15, -0.1) is 0 Å². The molecular formula is C11H14O8. The third kappa shape index (κ3) is 2.70. The molecular weight excluding hydrogens is 260 g/mol. The monoisotopic (exact) mass is 274 g/mol. The van der Waals surface area contributed by atoms with E-state index in [9.17, 15) is 14.7 Å². The Labute approximate surface area is 108 Å². The maximum absolute atomic E-state index is 11.3. The minimum absolute atomic E-state index is 0.110. The third-order valence-corrected chi connectivity index (χ3v) is 2.64. The smallest absolute Gasteiger partial charge is 0.378 e. The Morgan fingerprint density at radius 1 is 1.53 bits per heavy atom. The zero-order valence-electron chi connectivity index (χ0n) is 10.4. The number of carbonyl (C=O) groups excluding carboxylic acids is 2. The number of ether oxygens (including phenoxy) is 4. The lowest BCUT2D eigenvalue weighted by atomic mass is 10.2. The highest BCUT2D eigenvalue weighted by molar-refractivity contribution is 5.90. The number of hydrogen-bond acceptors (Lipinski definition) is 8. The molecule has 2 aliphatic heterocycles. The summed E-state index contributed by atoms with van der Waals surface area (Å²) in [6.07, 6.45) is -1.78. The topological polar surface area (TPSA) is 112 Å². The molecule has 0 aromatic rings. The van der Waals surface area contributed by atoms with Crippen molar-refractivity contribution in [2.75, 3.05) is 13.2 Å². The molecule has 8 heteroatoms. The molecule has 19 heavy (non-hydrogen) atoms. The van der Waals surface area contributed by atoms with Crippen molar-refractivity contribution >= 4 is 11.9 Å². The van der Waals surface area contributed by atoms with Gasteiger partial charge in [-0.1, -0.05) is 0 Å². The number of cyclic esters (lactones) is 1. The van der Waals surface area contributed by atoms with Gasteiger partial charge in [0.2, 0.25) is 11.5 Å². The molecule has 0 aromatic carbocycles. The number of aliphatic hydroxyl groups is 2. The van der Waals surface area contributed by atoms with E-state index in [-0.39, 0.29) is 12.4 Å². The Hall–Kier alpha value is -1.64. The van der Waals surface area contributed by atoms with Crippen LogP contribution >= 0.6 is 0 Å². The van der Waals surface area contributed by atoms with Gasteiger partial charge in [-0.05, 0) is 13.8 Å². The first-order valence-electron chi connectivity index (χ1n) is 5.61. The van der Waals surface area contributed by atoms with Crippen LogP contribution in [0.5, 0.6) is 0 Å². The molecule has 1 saturated heterocycles. The predicted molar refractivity (Wildman–Crippen MR) is 57.6 cm³/mol. The van der Waals surface area contributed by atoms with Crippen molar-refractivity contribution in [3.8, 4) is 0 Å². The Bertz CT molecular complexity index is 438. The second-order valence-corrected chi connectivity index (χ2v) is 4.54. The van der Waals surface area contributed by atoms with E-state index in [0.717, 1.165) is 0 Å². The van der Waals surface area contributed by atoms with E-state index in [1.807, 2.05) is 0 Å². The van der Waals surface area contributed by atoms with Crippen molar-refractivity contribution < 1.29 is 38.7 Å². The summed E-state index contributed by atoms with van der Waals surface area (Å²) < 4.78 is 20.4. The van der Waals surface area contributed by atoms with Gasteiger partial charge in [-0.2, -0.15) is 0 Å². The molecule has 1 fully saturated rings. The first kappa shape index (κ1) is 13.8.